The van der Waals surface area contributed by atoms with E-state index in [2.05, 4.69) is 30.2 Å². The number of likely N-dealkylation sites (tertiary alicyclic amines) is 1. The van der Waals surface area contributed by atoms with Gasteiger partial charge in [0.05, 0.1) is 21.3 Å². The number of hydrogen-bond donors (Lipinski definition) is 3. The number of thiazole rings is 1. The SMILES string of the molecule is Cn1c(Nc2nc3ccc(OC(F)(F)F)cc3s2)nc2cc(CNCC(O)N3CCCC3)ccc21. The topological polar surface area (TPSA) is 87.5 Å². The van der Waals surface area contributed by atoms with Crippen molar-refractivity contribution in [1.29, 1.82) is 0 Å². The van der Waals surface area contributed by atoms with Crippen molar-refractivity contribution >= 4 is 43.7 Å². The van der Waals surface area contributed by atoms with Crippen LogP contribution >= 0.6 is 11.3 Å². The Morgan fingerprint density at radius 2 is 1.91 bits per heavy atom. The van der Waals surface area contributed by atoms with Gasteiger partial charge in [-0.3, -0.25) is 4.90 Å². The number of aliphatic hydroxyl groups is 1. The summed E-state index contributed by atoms with van der Waals surface area (Å²) in [6.45, 7) is 2.99. The highest BCUT2D eigenvalue weighted by Crippen LogP contribution is 2.33. The molecule has 186 valence electrons. The van der Waals surface area contributed by atoms with Crippen molar-refractivity contribution in [2.24, 2.45) is 7.05 Å². The third-order valence-corrected chi connectivity index (χ3v) is 6.91. The molecular weight excluding hydrogens is 481 g/mol. The first-order valence-corrected chi connectivity index (χ1v) is 12.1. The number of fused-ring (bicyclic) bond motifs is 2. The molecule has 1 aliphatic heterocycles. The summed E-state index contributed by atoms with van der Waals surface area (Å²) in [6, 6.07) is 10.1. The molecule has 1 atom stereocenters. The van der Waals surface area contributed by atoms with E-state index >= 15 is 0 Å². The Morgan fingerprint density at radius 3 is 2.69 bits per heavy atom. The average Bonchev–Trinajstić information content (AvgIpc) is 3.52. The Kier molecular flexibility index (Phi) is 6.53. The zero-order chi connectivity index (χ0) is 24.6. The Bertz CT molecular complexity index is 1330. The summed E-state index contributed by atoms with van der Waals surface area (Å²) >= 11 is 1.22. The lowest BCUT2D eigenvalue weighted by molar-refractivity contribution is -0.274. The van der Waals surface area contributed by atoms with Crippen LogP contribution in [-0.4, -0.2) is 56.8 Å². The fraction of sp³-hybridized carbons (Fsp3) is 0.391. The number of benzene rings is 2. The molecule has 0 bridgehead atoms. The molecular formula is C23H25F3N6O2S. The quantitative estimate of drug-likeness (QED) is 0.328. The summed E-state index contributed by atoms with van der Waals surface area (Å²) in [5.41, 5.74) is 3.34. The molecule has 0 saturated carbocycles. The highest BCUT2D eigenvalue weighted by atomic mass is 32.1. The first kappa shape index (κ1) is 23.8. The second kappa shape index (κ2) is 9.61. The third-order valence-electron chi connectivity index (χ3n) is 5.98. The number of ether oxygens (including phenoxy) is 1. The molecule has 3 N–H and O–H groups in total. The zero-order valence-electron chi connectivity index (χ0n) is 19.0. The van der Waals surface area contributed by atoms with Gasteiger partial charge in [0.1, 0.15) is 12.0 Å². The van der Waals surface area contributed by atoms with Crippen molar-refractivity contribution in [2.75, 3.05) is 25.0 Å². The van der Waals surface area contributed by atoms with Gasteiger partial charge in [-0.05, 0) is 42.7 Å². The standard InChI is InChI=1S/C23H25F3N6O2S/c1-31-18-7-4-14(12-27-13-20(33)32-8-2-3-9-32)10-17(18)28-21(31)30-22-29-16-6-5-15(11-19(16)35-22)34-23(24,25)26/h4-7,10-11,20,27,33H,2-3,8-9,12-13H2,1H3,(H,28,29,30). The zero-order valence-corrected chi connectivity index (χ0v) is 19.8. The third kappa shape index (κ3) is 5.50. The van der Waals surface area contributed by atoms with E-state index in [0.717, 1.165) is 42.5 Å². The number of halogens is 3. The summed E-state index contributed by atoms with van der Waals surface area (Å²) < 4.78 is 44.0. The lowest BCUT2D eigenvalue weighted by Crippen LogP contribution is -2.40. The van der Waals surface area contributed by atoms with E-state index in [4.69, 9.17) is 0 Å². The van der Waals surface area contributed by atoms with Gasteiger partial charge in [-0.1, -0.05) is 17.4 Å². The average molecular weight is 507 g/mol. The van der Waals surface area contributed by atoms with Crippen LogP contribution < -0.4 is 15.4 Å². The highest BCUT2D eigenvalue weighted by molar-refractivity contribution is 7.22. The van der Waals surface area contributed by atoms with Gasteiger partial charge in [0.15, 0.2) is 5.13 Å². The van der Waals surface area contributed by atoms with Gasteiger partial charge < -0.3 is 25.0 Å². The number of alkyl halides is 3. The molecule has 0 spiro atoms. The first-order chi connectivity index (χ1) is 16.7. The van der Waals surface area contributed by atoms with Crippen molar-refractivity contribution in [3.8, 4) is 5.75 Å². The number of aromatic nitrogens is 3. The van der Waals surface area contributed by atoms with E-state index < -0.39 is 12.6 Å². The van der Waals surface area contributed by atoms with Crippen LogP contribution in [0.15, 0.2) is 36.4 Å². The number of hydrogen-bond acceptors (Lipinski definition) is 8. The molecule has 1 unspecified atom stereocenters. The minimum absolute atomic E-state index is 0.281. The van der Waals surface area contributed by atoms with Crippen LogP contribution in [0.1, 0.15) is 18.4 Å². The minimum Gasteiger partial charge on any atom is -0.406 e. The fourth-order valence-electron chi connectivity index (χ4n) is 4.23. The number of nitrogens with one attached hydrogen (secondary N) is 2. The van der Waals surface area contributed by atoms with E-state index in [1.807, 2.05) is 29.8 Å². The van der Waals surface area contributed by atoms with Gasteiger partial charge in [-0.2, -0.15) is 0 Å². The monoisotopic (exact) mass is 506 g/mol. The molecule has 0 radical (unpaired) electrons. The number of imidazole rings is 1. The molecule has 12 heteroatoms. The van der Waals surface area contributed by atoms with E-state index in [1.165, 1.54) is 29.5 Å². The van der Waals surface area contributed by atoms with Crippen LogP contribution in [0.5, 0.6) is 5.75 Å². The molecule has 1 fully saturated rings. The Morgan fingerprint density at radius 1 is 1.11 bits per heavy atom. The van der Waals surface area contributed by atoms with E-state index in [1.54, 1.807) is 0 Å². The van der Waals surface area contributed by atoms with Crippen molar-refractivity contribution in [3.05, 3.63) is 42.0 Å². The second-order valence-corrected chi connectivity index (χ2v) is 9.52. The van der Waals surface area contributed by atoms with Gasteiger partial charge >= 0.3 is 6.36 Å². The minimum atomic E-state index is -4.74. The van der Waals surface area contributed by atoms with Crippen LogP contribution in [0.2, 0.25) is 0 Å². The van der Waals surface area contributed by atoms with E-state index in [-0.39, 0.29) is 5.75 Å². The smallest absolute Gasteiger partial charge is 0.406 e. The second-order valence-electron chi connectivity index (χ2n) is 8.49. The van der Waals surface area contributed by atoms with E-state index in [9.17, 15) is 18.3 Å². The van der Waals surface area contributed by atoms with Crippen LogP contribution in [0, 0.1) is 0 Å². The molecule has 3 heterocycles. The predicted molar refractivity (Wildman–Crippen MR) is 129 cm³/mol. The predicted octanol–water partition coefficient (Wildman–Crippen LogP) is 4.33. The van der Waals surface area contributed by atoms with Crippen LogP contribution in [0.3, 0.4) is 0 Å². The fourth-order valence-corrected chi connectivity index (χ4v) is 5.12. The number of rotatable bonds is 8. The molecule has 8 nitrogen and oxygen atoms in total. The van der Waals surface area contributed by atoms with Crippen molar-refractivity contribution in [3.63, 3.8) is 0 Å². The van der Waals surface area contributed by atoms with Gasteiger partial charge in [0, 0.05) is 39.3 Å². The molecule has 4 aromatic rings. The van der Waals surface area contributed by atoms with Crippen molar-refractivity contribution in [1.82, 2.24) is 24.8 Å². The number of aryl methyl sites for hydroxylation is 1. The summed E-state index contributed by atoms with van der Waals surface area (Å²) in [5, 5.41) is 17.3. The summed E-state index contributed by atoms with van der Waals surface area (Å²) in [4.78, 5) is 11.2. The summed E-state index contributed by atoms with van der Waals surface area (Å²) in [6.07, 6.45) is -2.95. The first-order valence-electron chi connectivity index (χ1n) is 11.3. The Balaban J connectivity index is 1.27. The maximum atomic E-state index is 12.5. The molecule has 5 rings (SSSR count). The maximum absolute atomic E-state index is 12.5. The normalized spacial score (nSPS) is 15.8. The summed E-state index contributed by atoms with van der Waals surface area (Å²) in [5.74, 6) is 0.289. The van der Waals surface area contributed by atoms with Crippen LogP contribution in [-0.2, 0) is 13.6 Å². The Hall–Kier alpha value is -2.93. The number of aliphatic hydroxyl groups excluding tert-OH is 1. The summed E-state index contributed by atoms with van der Waals surface area (Å²) in [7, 11) is 1.88. The van der Waals surface area contributed by atoms with Gasteiger partial charge in [0.2, 0.25) is 5.95 Å². The maximum Gasteiger partial charge on any atom is 0.573 e. The molecule has 2 aromatic heterocycles. The molecule has 0 amide bonds. The van der Waals surface area contributed by atoms with E-state index in [0.29, 0.717) is 34.4 Å². The van der Waals surface area contributed by atoms with Crippen LogP contribution in [0.25, 0.3) is 21.3 Å². The van der Waals surface area contributed by atoms with Crippen molar-refractivity contribution in [2.45, 2.75) is 32.0 Å². The molecule has 1 saturated heterocycles. The molecule has 2 aromatic carbocycles. The lowest BCUT2D eigenvalue weighted by atomic mass is 10.2. The van der Waals surface area contributed by atoms with Crippen LogP contribution in [0.4, 0.5) is 24.3 Å². The van der Waals surface area contributed by atoms with Gasteiger partial charge in [-0.25, -0.2) is 9.97 Å². The van der Waals surface area contributed by atoms with Crippen molar-refractivity contribution < 1.29 is 23.0 Å². The molecule has 1 aliphatic rings. The largest absolute Gasteiger partial charge is 0.573 e. The highest BCUT2D eigenvalue weighted by Gasteiger charge is 2.31. The number of anilines is 2. The van der Waals surface area contributed by atoms with Gasteiger partial charge in [0.25, 0.3) is 0 Å². The molecule has 0 aliphatic carbocycles. The molecule has 35 heavy (non-hydrogen) atoms. The Labute approximate surface area is 203 Å². The lowest BCUT2D eigenvalue weighted by Gasteiger charge is -2.22. The number of nitrogens with zero attached hydrogens (tertiary/aromatic N) is 4. The van der Waals surface area contributed by atoms with Gasteiger partial charge in [-0.15, -0.1) is 13.2 Å².